The first-order valence-electron chi connectivity index (χ1n) is 8.11. The maximum atomic E-state index is 13.1. The minimum absolute atomic E-state index is 0. The van der Waals surface area contributed by atoms with Crippen LogP contribution in [0.25, 0.3) is 0 Å². The van der Waals surface area contributed by atoms with Gasteiger partial charge in [-0.1, -0.05) is 24.1 Å². The van der Waals surface area contributed by atoms with E-state index in [1.54, 1.807) is 19.1 Å². The lowest BCUT2D eigenvalue weighted by atomic mass is 10.1. The molecule has 3 N–H and O–H groups in total. The number of hydrogen-bond acceptors (Lipinski definition) is 4. The number of carbonyl (C=O) groups is 1. The molecular weight excluding hydrogens is 385 g/mol. The second-order valence-corrected chi connectivity index (χ2v) is 8.31. The van der Waals surface area contributed by atoms with E-state index in [1.807, 2.05) is 0 Å². The monoisotopic (exact) mass is 409 g/mol. The average Bonchev–Trinajstić information content (AvgIpc) is 2.55. The molecule has 1 fully saturated rings. The first kappa shape index (κ1) is 22.2. The topological polar surface area (TPSA) is 92.5 Å². The van der Waals surface area contributed by atoms with Gasteiger partial charge in [-0.05, 0) is 37.5 Å². The number of aryl methyl sites for hydroxylation is 1. The van der Waals surface area contributed by atoms with Gasteiger partial charge in [0.2, 0.25) is 15.9 Å². The van der Waals surface area contributed by atoms with Gasteiger partial charge in [-0.3, -0.25) is 4.79 Å². The van der Waals surface area contributed by atoms with Crippen LogP contribution >= 0.6 is 24.0 Å². The van der Waals surface area contributed by atoms with Crippen LogP contribution in [0.4, 0.5) is 0 Å². The van der Waals surface area contributed by atoms with E-state index in [-0.39, 0.29) is 42.2 Å². The van der Waals surface area contributed by atoms with Crippen molar-refractivity contribution in [1.82, 2.24) is 9.62 Å². The van der Waals surface area contributed by atoms with Crippen molar-refractivity contribution in [2.75, 3.05) is 19.6 Å². The highest BCUT2D eigenvalue weighted by atomic mass is 35.5. The van der Waals surface area contributed by atoms with Gasteiger partial charge in [-0.25, -0.2) is 8.42 Å². The van der Waals surface area contributed by atoms with Gasteiger partial charge in [0.15, 0.2) is 0 Å². The van der Waals surface area contributed by atoms with E-state index in [4.69, 9.17) is 17.3 Å². The Morgan fingerprint density at radius 3 is 2.80 bits per heavy atom. The van der Waals surface area contributed by atoms with Gasteiger partial charge in [-0.2, -0.15) is 4.31 Å². The molecule has 0 aliphatic carbocycles. The molecule has 1 aliphatic rings. The first-order chi connectivity index (χ1) is 11.4. The van der Waals surface area contributed by atoms with Gasteiger partial charge >= 0.3 is 0 Å². The van der Waals surface area contributed by atoms with Crippen LogP contribution in [0.3, 0.4) is 0 Å². The molecular formula is C16H25Cl2N3O3S. The van der Waals surface area contributed by atoms with Crippen molar-refractivity contribution in [2.45, 2.75) is 43.5 Å². The van der Waals surface area contributed by atoms with Crippen LogP contribution in [0.2, 0.25) is 5.02 Å². The molecule has 0 saturated carbocycles. The molecule has 0 spiro atoms. The molecule has 0 aromatic heterocycles. The van der Waals surface area contributed by atoms with Crippen LogP contribution in [-0.4, -0.2) is 44.3 Å². The number of halogens is 2. The van der Waals surface area contributed by atoms with E-state index in [0.29, 0.717) is 23.7 Å². The Morgan fingerprint density at radius 2 is 2.12 bits per heavy atom. The Bertz CT molecular complexity index is 698. The van der Waals surface area contributed by atoms with Crippen molar-refractivity contribution in [1.29, 1.82) is 0 Å². The molecule has 6 nitrogen and oxygen atoms in total. The lowest BCUT2D eigenvalue weighted by molar-refractivity contribution is -0.121. The number of nitrogens with two attached hydrogens (primary N) is 1. The Kier molecular flexibility index (Phi) is 8.63. The number of nitrogens with zero attached hydrogens (tertiary/aromatic N) is 1. The number of nitrogens with one attached hydrogen (secondary N) is 1. The lowest BCUT2D eigenvalue weighted by Crippen LogP contribution is -2.49. The zero-order valence-electron chi connectivity index (χ0n) is 14.2. The molecule has 1 saturated heterocycles. The zero-order valence-corrected chi connectivity index (χ0v) is 16.6. The van der Waals surface area contributed by atoms with Gasteiger partial charge in [0, 0.05) is 37.1 Å². The highest BCUT2D eigenvalue weighted by Gasteiger charge is 2.34. The van der Waals surface area contributed by atoms with Crippen molar-refractivity contribution < 1.29 is 13.2 Å². The second-order valence-electron chi connectivity index (χ2n) is 6.02. The maximum absolute atomic E-state index is 13.1. The summed E-state index contributed by atoms with van der Waals surface area (Å²) < 4.78 is 27.6. The number of rotatable bonds is 6. The standard InChI is InChI=1S/C16H24ClN3O3S.ClH/c1-12-5-6-13(17)10-15(12)24(22,23)20-9-3-2-4-14(20)11-19-16(21)7-8-18;/h5-6,10,14H,2-4,7-9,11,18H2,1H3,(H,19,21);1H. The molecule has 142 valence electrons. The fraction of sp³-hybridized carbons (Fsp3) is 0.562. The minimum Gasteiger partial charge on any atom is -0.354 e. The first-order valence-corrected chi connectivity index (χ1v) is 9.93. The molecule has 2 rings (SSSR count). The molecule has 1 aromatic rings. The van der Waals surface area contributed by atoms with Gasteiger partial charge in [-0.15, -0.1) is 12.4 Å². The van der Waals surface area contributed by atoms with Crippen LogP contribution < -0.4 is 11.1 Å². The molecule has 0 radical (unpaired) electrons. The van der Waals surface area contributed by atoms with E-state index >= 15 is 0 Å². The predicted molar refractivity (Wildman–Crippen MR) is 102 cm³/mol. The van der Waals surface area contributed by atoms with E-state index in [1.165, 1.54) is 10.4 Å². The Morgan fingerprint density at radius 1 is 1.40 bits per heavy atom. The van der Waals surface area contributed by atoms with Gasteiger partial charge < -0.3 is 11.1 Å². The summed E-state index contributed by atoms with van der Waals surface area (Å²) in [6.07, 6.45) is 2.72. The predicted octanol–water partition coefficient (Wildman–Crippen LogP) is 2.08. The Hall–Kier alpha value is -0.860. The molecule has 1 atom stereocenters. The van der Waals surface area contributed by atoms with Crippen LogP contribution in [0.5, 0.6) is 0 Å². The van der Waals surface area contributed by atoms with Crippen molar-refractivity contribution in [3.63, 3.8) is 0 Å². The lowest BCUT2D eigenvalue weighted by Gasteiger charge is -2.35. The summed E-state index contributed by atoms with van der Waals surface area (Å²) in [6, 6.07) is 4.63. The Labute approximate surface area is 160 Å². The van der Waals surface area contributed by atoms with Crippen molar-refractivity contribution >= 4 is 39.9 Å². The fourth-order valence-electron chi connectivity index (χ4n) is 2.92. The molecule has 25 heavy (non-hydrogen) atoms. The second kappa shape index (κ2) is 9.73. The van der Waals surface area contributed by atoms with E-state index in [0.717, 1.165) is 19.3 Å². The minimum atomic E-state index is -3.65. The number of benzene rings is 1. The molecule has 1 amide bonds. The highest BCUT2D eigenvalue weighted by molar-refractivity contribution is 7.89. The number of sulfonamides is 1. The molecule has 0 bridgehead atoms. The SMILES string of the molecule is Cc1ccc(Cl)cc1S(=O)(=O)N1CCCCC1CNC(=O)CCN.Cl. The molecule has 1 heterocycles. The molecule has 1 aliphatic heterocycles. The number of hydrogen-bond donors (Lipinski definition) is 2. The average molecular weight is 410 g/mol. The summed E-state index contributed by atoms with van der Waals surface area (Å²) in [5.41, 5.74) is 6.02. The summed E-state index contributed by atoms with van der Waals surface area (Å²) in [4.78, 5) is 11.9. The maximum Gasteiger partial charge on any atom is 0.243 e. The fourth-order valence-corrected chi connectivity index (χ4v) is 5.11. The summed E-state index contributed by atoms with van der Waals surface area (Å²) in [5, 5.41) is 3.17. The van der Waals surface area contributed by atoms with E-state index < -0.39 is 10.0 Å². The van der Waals surface area contributed by atoms with Gasteiger partial charge in [0.1, 0.15) is 0 Å². The quantitative estimate of drug-likeness (QED) is 0.751. The van der Waals surface area contributed by atoms with Crippen LogP contribution in [-0.2, 0) is 14.8 Å². The van der Waals surface area contributed by atoms with Crippen molar-refractivity contribution in [3.8, 4) is 0 Å². The third kappa shape index (κ3) is 5.56. The molecule has 1 unspecified atom stereocenters. The van der Waals surface area contributed by atoms with E-state index in [2.05, 4.69) is 5.32 Å². The number of piperidine rings is 1. The summed E-state index contributed by atoms with van der Waals surface area (Å²) in [7, 11) is -3.65. The van der Waals surface area contributed by atoms with Crippen molar-refractivity contribution in [2.24, 2.45) is 5.73 Å². The third-order valence-electron chi connectivity index (χ3n) is 4.22. The van der Waals surface area contributed by atoms with E-state index in [9.17, 15) is 13.2 Å². The van der Waals surface area contributed by atoms with Crippen LogP contribution in [0, 0.1) is 6.92 Å². The zero-order chi connectivity index (χ0) is 17.7. The summed E-state index contributed by atoms with van der Waals surface area (Å²) in [6.45, 7) is 2.79. The van der Waals surface area contributed by atoms with Crippen LogP contribution in [0.15, 0.2) is 23.1 Å². The van der Waals surface area contributed by atoms with Crippen LogP contribution in [0.1, 0.15) is 31.2 Å². The number of carbonyl (C=O) groups excluding carboxylic acids is 1. The smallest absolute Gasteiger partial charge is 0.243 e. The molecule has 9 heteroatoms. The number of amides is 1. The molecule has 1 aromatic carbocycles. The van der Waals surface area contributed by atoms with Crippen molar-refractivity contribution in [3.05, 3.63) is 28.8 Å². The Balaban J connectivity index is 0.00000312. The third-order valence-corrected chi connectivity index (χ3v) is 6.55. The normalized spacial score (nSPS) is 18.4. The largest absolute Gasteiger partial charge is 0.354 e. The van der Waals surface area contributed by atoms with Gasteiger partial charge in [0.25, 0.3) is 0 Å². The van der Waals surface area contributed by atoms with Gasteiger partial charge in [0.05, 0.1) is 4.90 Å². The highest BCUT2D eigenvalue weighted by Crippen LogP contribution is 2.28. The summed E-state index contributed by atoms with van der Waals surface area (Å²) in [5.74, 6) is -0.153. The summed E-state index contributed by atoms with van der Waals surface area (Å²) >= 11 is 5.98.